The summed E-state index contributed by atoms with van der Waals surface area (Å²) in [6.07, 6.45) is 0. The second-order valence-electron chi connectivity index (χ2n) is 6.57. The van der Waals surface area contributed by atoms with Crippen LogP contribution in [0.25, 0.3) is 0 Å². The van der Waals surface area contributed by atoms with Gasteiger partial charge in [0.05, 0.1) is 5.75 Å². The smallest absolute Gasteiger partial charge is 0.234 e. The average Bonchev–Trinajstić information content (AvgIpc) is 2.67. The molecule has 2 aromatic carbocycles. The van der Waals surface area contributed by atoms with Crippen LogP contribution in [-0.4, -0.2) is 49.3 Å². The standard InChI is InChI=1S/C21H27N3OS/c1-3-23-11-13-24(14-12-23)20-10-9-18(15-17(20)2)22-21(25)16-26-19-7-5-4-6-8-19/h4-10,15H,3,11-14,16H2,1-2H3,(H,22,25). The number of nitrogens with zero attached hydrogens (tertiary/aromatic N) is 2. The number of piperazine rings is 1. The molecule has 1 N–H and O–H groups in total. The number of amides is 1. The van der Waals surface area contributed by atoms with Crippen LogP contribution in [0.15, 0.2) is 53.4 Å². The van der Waals surface area contributed by atoms with Crippen LogP contribution in [0.2, 0.25) is 0 Å². The van der Waals surface area contributed by atoms with Gasteiger partial charge in [0.15, 0.2) is 0 Å². The monoisotopic (exact) mass is 369 g/mol. The Morgan fingerprint density at radius 2 is 1.81 bits per heavy atom. The lowest BCUT2D eigenvalue weighted by Crippen LogP contribution is -2.46. The molecular formula is C21H27N3OS. The van der Waals surface area contributed by atoms with Gasteiger partial charge in [-0.1, -0.05) is 25.1 Å². The van der Waals surface area contributed by atoms with Crippen molar-refractivity contribution in [3.63, 3.8) is 0 Å². The van der Waals surface area contributed by atoms with Crippen LogP contribution in [0.4, 0.5) is 11.4 Å². The number of carbonyl (C=O) groups is 1. The van der Waals surface area contributed by atoms with Crippen molar-refractivity contribution in [2.45, 2.75) is 18.7 Å². The first kappa shape index (κ1) is 18.8. The molecule has 3 rings (SSSR count). The van der Waals surface area contributed by atoms with Gasteiger partial charge in [0, 0.05) is 42.4 Å². The number of aryl methyl sites for hydroxylation is 1. The Morgan fingerprint density at radius 3 is 2.46 bits per heavy atom. The second-order valence-corrected chi connectivity index (χ2v) is 7.62. The molecule has 0 saturated carbocycles. The topological polar surface area (TPSA) is 35.6 Å². The van der Waals surface area contributed by atoms with Gasteiger partial charge in [-0.3, -0.25) is 4.79 Å². The summed E-state index contributed by atoms with van der Waals surface area (Å²) >= 11 is 1.56. The van der Waals surface area contributed by atoms with Crippen LogP contribution in [-0.2, 0) is 4.79 Å². The summed E-state index contributed by atoms with van der Waals surface area (Å²) in [5.41, 5.74) is 3.36. The molecule has 4 nitrogen and oxygen atoms in total. The van der Waals surface area contributed by atoms with Gasteiger partial charge in [0.1, 0.15) is 0 Å². The molecule has 2 aromatic rings. The van der Waals surface area contributed by atoms with Crippen LogP contribution in [0.1, 0.15) is 12.5 Å². The SMILES string of the molecule is CCN1CCN(c2ccc(NC(=O)CSc3ccccc3)cc2C)CC1. The zero-order valence-electron chi connectivity index (χ0n) is 15.6. The summed E-state index contributed by atoms with van der Waals surface area (Å²) < 4.78 is 0. The minimum atomic E-state index is 0.0302. The van der Waals surface area contributed by atoms with Crippen LogP contribution in [0, 0.1) is 6.92 Å². The number of thioether (sulfide) groups is 1. The molecule has 0 aromatic heterocycles. The quantitative estimate of drug-likeness (QED) is 0.784. The number of nitrogens with one attached hydrogen (secondary N) is 1. The maximum Gasteiger partial charge on any atom is 0.234 e. The first-order chi connectivity index (χ1) is 12.7. The van der Waals surface area contributed by atoms with Crippen molar-refractivity contribution in [3.8, 4) is 0 Å². The molecule has 26 heavy (non-hydrogen) atoms. The third-order valence-corrected chi connectivity index (χ3v) is 5.77. The predicted molar refractivity (Wildman–Crippen MR) is 111 cm³/mol. The summed E-state index contributed by atoms with van der Waals surface area (Å²) in [7, 11) is 0. The van der Waals surface area contributed by atoms with Gasteiger partial charge in [-0.15, -0.1) is 11.8 Å². The van der Waals surface area contributed by atoms with E-state index in [1.54, 1.807) is 11.8 Å². The van der Waals surface area contributed by atoms with Crippen molar-refractivity contribution < 1.29 is 4.79 Å². The maximum absolute atomic E-state index is 12.2. The largest absolute Gasteiger partial charge is 0.369 e. The Kier molecular flexibility index (Phi) is 6.58. The lowest BCUT2D eigenvalue weighted by Gasteiger charge is -2.36. The Balaban J connectivity index is 1.54. The molecule has 1 amide bonds. The minimum absolute atomic E-state index is 0.0302. The van der Waals surface area contributed by atoms with Gasteiger partial charge in [-0.05, 0) is 49.4 Å². The molecule has 1 aliphatic rings. The second kappa shape index (κ2) is 9.10. The highest BCUT2D eigenvalue weighted by molar-refractivity contribution is 8.00. The lowest BCUT2D eigenvalue weighted by atomic mass is 10.1. The Hall–Kier alpha value is -1.98. The number of carbonyl (C=O) groups excluding carboxylic acids is 1. The van der Waals surface area contributed by atoms with Crippen LogP contribution in [0.3, 0.4) is 0 Å². The summed E-state index contributed by atoms with van der Waals surface area (Å²) in [5, 5.41) is 3.01. The zero-order valence-corrected chi connectivity index (χ0v) is 16.4. The molecule has 0 atom stereocenters. The third-order valence-electron chi connectivity index (χ3n) is 4.75. The van der Waals surface area contributed by atoms with Crippen molar-refractivity contribution in [1.29, 1.82) is 0 Å². The summed E-state index contributed by atoms with van der Waals surface area (Å²) in [6, 6.07) is 16.2. The van der Waals surface area contributed by atoms with Gasteiger partial charge in [0.25, 0.3) is 0 Å². The third kappa shape index (κ3) is 5.02. The van der Waals surface area contributed by atoms with Crippen LogP contribution >= 0.6 is 11.8 Å². The van der Waals surface area contributed by atoms with Crippen molar-refractivity contribution in [2.75, 3.05) is 48.7 Å². The molecule has 0 bridgehead atoms. The number of likely N-dealkylation sites (N-methyl/N-ethyl adjacent to an activating group) is 1. The van der Waals surface area contributed by atoms with Crippen molar-refractivity contribution in [1.82, 2.24) is 4.90 Å². The van der Waals surface area contributed by atoms with Gasteiger partial charge in [-0.25, -0.2) is 0 Å². The van der Waals surface area contributed by atoms with Crippen molar-refractivity contribution >= 4 is 29.0 Å². The molecule has 0 aliphatic carbocycles. The number of hydrogen-bond donors (Lipinski definition) is 1. The normalized spacial score (nSPS) is 15.1. The number of benzene rings is 2. The van der Waals surface area contributed by atoms with E-state index in [0.29, 0.717) is 5.75 Å². The number of hydrogen-bond acceptors (Lipinski definition) is 4. The minimum Gasteiger partial charge on any atom is -0.369 e. The Bertz CT molecular complexity index is 727. The van der Waals surface area contributed by atoms with E-state index in [9.17, 15) is 4.79 Å². The molecule has 1 saturated heterocycles. The highest BCUT2D eigenvalue weighted by atomic mass is 32.2. The van der Waals surface area contributed by atoms with E-state index in [-0.39, 0.29) is 5.91 Å². The highest BCUT2D eigenvalue weighted by Gasteiger charge is 2.17. The fourth-order valence-electron chi connectivity index (χ4n) is 3.26. The van der Waals surface area contributed by atoms with Crippen molar-refractivity contribution in [2.24, 2.45) is 0 Å². The molecule has 1 aliphatic heterocycles. The van der Waals surface area contributed by atoms with E-state index in [1.165, 1.54) is 11.3 Å². The van der Waals surface area contributed by atoms with Gasteiger partial charge in [0.2, 0.25) is 5.91 Å². The van der Waals surface area contributed by atoms with Crippen LogP contribution in [0.5, 0.6) is 0 Å². The molecule has 0 unspecified atom stereocenters. The van der Waals surface area contributed by atoms with Gasteiger partial charge < -0.3 is 15.1 Å². The van der Waals surface area contributed by atoms with Crippen LogP contribution < -0.4 is 10.2 Å². The first-order valence-corrected chi connectivity index (χ1v) is 10.2. The molecule has 0 radical (unpaired) electrons. The lowest BCUT2D eigenvalue weighted by molar-refractivity contribution is -0.113. The predicted octanol–water partition coefficient (Wildman–Crippen LogP) is 3.87. The van der Waals surface area contributed by atoms with E-state index >= 15 is 0 Å². The van der Waals surface area contributed by atoms with Gasteiger partial charge >= 0.3 is 0 Å². The molecular weight excluding hydrogens is 342 g/mol. The highest BCUT2D eigenvalue weighted by Crippen LogP contribution is 2.25. The first-order valence-electron chi connectivity index (χ1n) is 9.21. The molecule has 0 spiro atoms. The maximum atomic E-state index is 12.2. The van der Waals surface area contributed by atoms with E-state index < -0.39 is 0 Å². The molecule has 1 fully saturated rings. The van der Waals surface area contributed by atoms with Crippen molar-refractivity contribution in [3.05, 3.63) is 54.1 Å². The van der Waals surface area contributed by atoms with Gasteiger partial charge in [-0.2, -0.15) is 0 Å². The Morgan fingerprint density at radius 1 is 1.08 bits per heavy atom. The number of anilines is 2. The summed E-state index contributed by atoms with van der Waals surface area (Å²) in [5.74, 6) is 0.451. The van der Waals surface area contributed by atoms with E-state index in [4.69, 9.17) is 0 Å². The van der Waals surface area contributed by atoms with E-state index in [2.05, 4.69) is 41.1 Å². The van der Waals surface area contributed by atoms with E-state index in [1.807, 2.05) is 36.4 Å². The summed E-state index contributed by atoms with van der Waals surface area (Å²) in [6.45, 7) is 9.82. The molecule has 138 valence electrons. The fourth-order valence-corrected chi connectivity index (χ4v) is 3.98. The average molecular weight is 370 g/mol. The molecule has 5 heteroatoms. The van der Waals surface area contributed by atoms with E-state index in [0.717, 1.165) is 43.3 Å². The fraction of sp³-hybridized carbons (Fsp3) is 0.381. The number of rotatable bonds is 6. The zero-order chi connectivity index (χ0) is 18.4. The molecule has 1 heterocycles. The Labute approximate surface area is 160 Å². The summed E-state index contributed by atoms with van der Waals surface area (Å²) in [4.78, 5) is 18.2.